The number of piperidine rings is 1. The molecule has 4 heteroatoms. The van der Waals surface area contributed by atoms with Gasteiger partial charge in [0.05, 0.1) is 5.92 Å². The molecule has 2 atom stereocenters. The summed E-state index contributed by atoms with van der Waals surface area (Å²) < 4.78 is 5.14. The van der Waals surface area contributed by atoms with Crippen LogP contribution in [0.1, 0.15) is 31.7 Å². The highest BCUT2D eigenvalue weighted by Gasteiger charge is 2.40. The van der Waals surface area contributed by atoms with Gasteiger partial charge in [-0.1, -0.05) is 37.3 Å². The fraction of sp³-hybridized carbons (Fsp3) is 0.579. The lowest BCUT2D eigenvalue weighted by Crippen LogP contribution is -2.41. The first-order chi connectivity index (χ1) is 11.1. The molecule has 0 bridgehead atoms. The second kappa shape index (κ2) is 7.16. The minimum atomic E-state index is -0.204. The van der Waals surface area contributed by atoms with Crippen LogP contribution in [0.25, 0.3) is 0 Å². The smallest absolute Gasteiger partial charge is 0.309 e. The van der Waals surface area contributed by atoms with Gasteiger partial charge in [0.25, 0.3) is 5.91 Å². The molecule has 1 aliphatic heterocycles. The summed E-state index contributed by atoms with van der Waals surface area (Å²) in [5, 5.41) is 0. The van der Waals surface area contributed by atoms with Crippen LogP contribution in [0, 0.1) is 17.8 Å². The average molecular weight is 315 g/mol. The number of nitrogens with zero attached hydrogens (tertiary/aromatic N) is 1. The van der Waals surface area contributed by atoms with E-state index in [0.29, 0.717) is 11.8 Å². The molecular formula is C19H25NO3. The molecule has 1 aromatic carbocycles. The molecular weight excluding hydrogens is 290 g/mol. The summed E-state index contributed by atoms with van der Waals surface area (Å²) in [6, 6.07) is 10.5. The topological polar surface area (TPSA) is 46.6 Å². The number of rotatable bonds is 5. The van der Waals surface area contributed by atoms with Crippen molar-refractivity contribution in [2.24, 2.45) is 17.8 Å². The summed E-state index contributed by atoms with van der Waals surface area (Å²) >= 11 is 0. The maximum absolute atomic E-state index is 12.1. The third-order valence-electron chi connectivity index (χ3n) is 5.08. The first kappa shape index (κ1) is 16.0. The van der Waals surface area contributed by atoms with Crippen LogP contribution in [0.2, 0.25) is 0 Å². The molecule has 1 heterocycles. The number of esters is 1. The highest BCUT2D eigenvalue weighted by atomic mass is 16.5. The van der Waals surface area contributed by atoms with Crippen molar-refractivity contribution < 1.29 is 14.3 Å². The van der Waals surface area contributed by atoms with Crippen LogP contribution in [-0.2, 0) is 20.7 Å². The highest BCUT2D eigenvalue weighted by molar-refractivity contribution is 5.82. The number of ether oxygens (including phenoxy) is 1. The minimum Gasteiger partial charge on any atom is -0.455 e. The van der Waals surface area contributed by atoms with E-state index < -0.39 is 0 Å². The zero-order valence-electron chi connectivity index (χ0n) is 13.7. The zero-order chi connectivity index (χ0) is 16.2. The summed E-state index contributed by atoms with van der Waals surface area (Å²) in [5.74, 6) is 0.830. The van der Waals surface area contributed by atoms with Gasteiger partial charge in [-0.05, 0) is 43.1 Å². The molecule has 1 aromatic rings. The Labute approximate surface area is 137 Å². The van der Waals surface area contributed by atoms with Gasteiger partial charge >= 0.3 is 5.97 Å². The quantitative estimate of drug-likeness (QED) is 0.785. The van der Waals surface area contributed by atoms with Crippen LogP contribution < -0.4 is 0 Å². The molecule has 3 rings (SSSR count). The van der Waals surface area contributed by atoms with Crippen LogP contribution in [0.5, 0.6) is 0 Å². The van der Waals surface area contributed by atoms with Gasteiger partial charge in [-0.25, -0.2) is 0 Å². The Bertz CT molecular complexity index is 549. The van der Waals surface area contributed by atoms with Crippen molar-refractivity contribution in [2.45, 2.75) is 32.6 Å². The zero-order valence-corrected chi connectivity index (χ0v) is 13.7. The van der Waals surface area contributed by atoms with Gasteiger partial charge in [0.2, 0.25) is 0 Å². The van der Waals surface area contributed by atoms with Crippen molar-refractivity contribution in [2.75, 3.05) is 19.7 Å². The first-order valence-electron chi connectivity index (χ1n) is 8.62. The molecule has 1 saturated carbocycles. The Morgan fingerprint density at radius 1 is 1.17 bits per heavy atom. The second-order valence-corrected chi connectivity index (χ2v) is 6.94. The lowest BCUT2D eigenvalue weighted by Gasteiger charge is -2.32. The van der Waals surface area contributed by atoms with Gasteiger partial charge in [0, 0.05) is 13.1 Å². The van der Waals surface area contributed by atoms with Crippen LogP contribution in [0.3, 0.4) is 0 Å². The van der Waals surface area contributed by atoms with Crippen molar-refractivity contribution >= 4 is 11.9 Å². The van der Waals surface area contributed by atoms with E-state index in [4.69, 9.17) is 4.74 Å². The molecule has 0 spiro atoms. The number of hydrogen-bond acceptors (Lipinski definition) is 3. The third kappa shape index (κ3) is 4.34. The first-order valence-corrected chi connectivity index (χ1v) is 8.62. The van der Waals surface area contributed by atoms with Gasteiger partial charge in [-0.15, -0.1) is 0 Å². The number of hydrogen-bond donors (Lipinski definition) is 0. The third-order valence-corrected chi connectivity index (χ3v) is 5.08. The molecule has 0 aromatic heterocycles. The molecule has 2 aliphatic rings. The molecule has 1 aliphatic carbocycles. The molecule has 2 fully saturated rings. The molecule has 1 saturated heterocycles. The molecule has 124 valence electrons. The molecule has 0 radical (unpaired) electrons. The standard InChI is InChI=1S/C19H25NO3/c1-14-11-17(14)19(22)23-13-18(21)20-9-7-16(8-10-20)12-15-5-3-2-4-6-15/h2-6,14,16-17H,7-13H2,1H3/t14-,17+/m0/s1. The van der Waals surface area contributed by atoms with Crippen molar-refractivity contribution in [1.29, 1.82) is 0 Å². The predicted octanol–water partition coefficient (Wildman–Crippen LogP) is 2.67. The number of likely N-dealkylation sites (tertiary alicyclic amines) is 1. The Morgan fingerprint density at radius 3 is 2.43 bits per heavy atom. The Kier molecular flexibility index (Phi) is 4.99. The fourth-order valence-corrected chi connectivity index (χ4v) is 3.32. The van der Waals surface area contributed by atoms with E-state index in [1.807, 2.05) is 17.9 Å². The average Bonchev–Trinajstić information content (AvgIpc) is 3.31. The van der Waals surface area contributed by atoms with E-state index in [9.17, 15) is 9.59 Å². The van der Waals surface area contributed by atoms with Crippen molar-refractivity contribution in [3.8, 4) is 0 Å². The Balaban J connectivity index is 1.38. The second-order valence-electron chi connectivity index (χ2n) is 6.94. The molecule has 0 unspecified atom stereocenters. The van der Waals surface area contributed by atoms with E-state index in [0.717, 1.165) is 38.8 Å². The maximum Gasteiger partial charge on any atom is 0.309 e. The van der Waals surface area contributed by atoms with Gasteiger partial charge in [0.15, 0.2) is 6.61 Å². The number of carbonyl (C=O) groups is 2. The van der Waals surface area contributed by atoms with E-state index in [-0.39, 0.29) is 24.4 Å². The van der Waals surface area contributed by atoms with Gasteiger partial charge in [0.1, 0.15) is 0 Å². The Morgan fingerprint density at radius 2 is 1.83 bits per heavy atom. The van der Waals surface area contributed by atoms with Crippen LogP contribution in [-0.4, -0.2) is 36.5 Å². The van der Waals surface area contributed by atoms with Crippen molar-refractivity contribution in [1.82, 2.24) is 4.90 Å². The monoisotopic (exact) mass is 315 g/mol. The maximum atomic E-state index is 12.1. The summed E-state index contributed by atoms with van der Waals surface area (Å²) in [6.07, 6.45) is 4.03. The van der Waals surface area contributed by atoms with Gasteiger partial charge in [-0.3, -0.25) is 9.59 Å². The number of amides is 1. The predicted molar refractivity (Wildman–Crippen MR) is 87.7 cm³/mol. The number of benzene rings is 1. The molecule has 4 nitrogen and oxygen atoms in total. The largest absolute Gasteiger partial charge is 0.455 e. The van der Waals surface area contributed by atoms with Gasteiger partial charge < -0.3 is 9.64 Å². The Hall–Kier alpha value is -1.84. The fourth-order valence-electron chi connectivity index (χ4n) is 3.32. The SMILES string of the molecule is C[C@H]1C[C@H]1C(=O)OCC(=O)N1CCC(Cc2ccccc2)CC1. The van der Waals surface area contributed by atoms with Crippen LogP contribution in [0.15, 0.2) is 30.3 Å². The van der Waals surface area contributed by atoms with Crippen LogP contribution in [0.4, 0.5) is 0 Å². The minimum absolute atomic E-state index is 0.0272. The molecule has 1 amide bonds. The van der Waals surface area contributed by atoms with E-state index in [2.05, 4.69) is 24.3 Å². The lowest BCUT2D eigenvalue weighted by molar-refractivity contribution is -0.153. The molecule has 0 N–H and O–H groups in total. The molecule has 23 heavy (non-hydrogen) atoms. The van der Waals surface area contributed by atoms with E-state index >= 15 is 0 Å². The number of carbonyl (C=O) groups excluding carboxylic acids is 2. The van der Waals surface area contributed by atoms with Gasteiger partial charge in [-0.2, -0.15) is 0 Å². The lowest BCUT2D eigenvalue weighted by atomic mass is 9.90. The van der Waals surface area contributed by atoms with E-state index in [1.54, 1.807) is 0 Å². The summed E-state index contributed by atoms with van der Waals surface area (Å²) in [6.45, 7) is 3.48. The highest BCUT2D eigenvalue weighted by Crippen LogP contribution is 2.38. The summed E-state index contributed by atoms with van der Waals surface area (Å²) in [4.78, 5) is 25.6. The summed E-state index contributed by atoms with van der Waals surface area (Å²) in [5.41, 5.74) is 1.37. The van der Waals surface area contributed by atoms with Crippen LogP contribution >= 0.6 is 0 Å². The normalized spacial score (nSPS) is 24.3. The van der Waals surface area contributed by atoms with E-state index in [1.165, 1.54) is 5.56 Å². The summed E-state index contributed by atoms with van der Waals surface area (Å²) in [7, 11) is 0. The van der Waals surface area contributed by atoms with Crippen molar-refractivity contribution in [3.63, 3.8) is 0 Å². The van der Waals surface area contributed by atoms with Crippen molar-refractivity contribution in [3.05, 3.63) is 35.9 Å².